The summed E-state index contributed by atoms with van der Waals surface area (Å²) < 4.78 is 1.58. The lowest BCUT2D eigenvalue weighted by Crippen LogP contribution is -2.36. The van der Waals surface area contributed by atoms with E-state index >= 15 is 0 Å². The van der Waals surface area contributed by atoms with Crippen LogP contribution >= 0.6 is 0 Å². The Hall–Kier alpha value is -2.40. The van der Waals surface area contributed by atoms with Crippen LogP contribution in [0.3, 0.4) is 0 Å². The molecule has 1 aromatic heterocycles. The fourth-order valence-electron chi connectivity index (χ4n) is 2.97. The lowest BCUT2D eigenvalue weighted by atomic mass is 10.1. The van der Waals surface area contributed by atoms with Gasteiger partial charge in [0.05, 0.1) is 6.54 Å². The Morgan fingerprint density at radius 3 is 2.83 bits per heavy atom. The van der Waals surface area contributed by atoms with Gasteiger partial charge in [-0.25, -0.2) is 0 Å². The van der Waals surface area contributed by atoms with Crippen molar-refractivity contribution in [3.8, 4) is 0 Å². The molecule has 1 amide bonds. The van der Waals surface area contributed by atoms with Crippen LogP contribution in [0.4, 0.5) is 0 Å². The molecule has 5 heteroatoms. The summed E-state index contributed by atoms with van der Waals surface area (Å²) in [4.78, 5) is 26.8. The number of amides is 1. The van der Waals surface area contributed by atoms with Crippen LogP contribution in [0.15, 0.2) is 47.4 Å². The molecule has 1 atom stereocenters. The van der Waals surface area contributed by atoms with E-state index in [1.165, 1.54) is 0 Å². The van der Waals surface area contributed by atoms with Crippen molar-refractivity contribution in [2.75, 3.05) is 13.1 Å². The zero-order valence-electron chi connectivity index (χ0n) is 13.2. The van der Waals surface area contributed by atoms with Crippen molar-refractivity contribution in [3.63, 3.8) is 0 Å². The van der Waals surface area contributed by atoms with Gasteiger partial charge < -0.3 is 15.2 Å². The maximum absolute atomic E-state index is 12.6. The van der Waals surface area contributed by atoms with Crippen LogP contribution in [-0.2, 0) is 6.54 Å². The number of hydrogen-bond acceptors (Lipinski definition) is 3. The lowest BCUT2D eigenvalue weighted by molar-refractivity contribution is 0.0788. The van der Waals surface area contributed by atoms with Crippen molar-refractivity contribution in [2.24, 2.45) is 5.73 Å². The van der Waals surface area contributed by atoms with Crippen molar-refractivity contribution in [3.05, 3.63) is 69.6 Å². The second-order valence-electron chi connectivity index (χ2n) is 6.14. The quantitative estimate of drug-likeness (QED) is 0.931. The average molecular weight is 311 g/mol. The minimum absolute atomic E-state index is 0.0113. The molecule has 0 saturated carbocycles. The number of carbonyl (C=O) groups excluding carboxylic acids is 1. The molecule has 2 N–H and O–H groups in total. The first kappa shape index (κ1) is 15.5. The lowest BCUT2D eigenvalue weighted by Gasteiger charge is -2.16. The second-order valence-corrected chi connectivity index (χ2v) is 6.14. The molecule has 3 rings (SSSR count). The number of nitrogens with two attached hydrogens (primary N) is 1. The Labute approximate surface area is 135 Å². The molecule has 1 aromatic carbocycles. The summed E-state index contributed by atoms with van der Waals surface area (Å²) >= 11 is 0. The SMILES string of the molecule is Cc1cccc(Cn2cccc(C(=O)N3CCC(N)C3)c2=O)c1. The summed E-state index contributed by atoms with van der Waals surface area (Å²) in [7, 11) is 0. The number of aromatic nitrogens is 1. The van der Waals surface area contributed by atoms with Gasteiger partial charge in [-0.2, -0.15) is 0 Å². The fourth-order valence-corrected chi connectivity index (χ4v) is 2.97. The summed E-state index contributed by atoms with van der Waals surface area (Å²) in [5.74, 6) is -0.221. The molecule has 0 bridgehead atoms. The molecule has 23 heavy (non-hydrogen) atoms. The van der Waals surface area contributed by atoms with E-state index in [9.17, 15) is 9.59 Å². The van der Waals surface area contributed by atoms with E-state index in [1.807, 2.05) is 31.2 Å². The van der Waals surface area contributed by atoms with Crippen LogP contribution in [0.25, 0.3) is 0 Å². The molecular weight excluding hydrogens is 290 g/mol. The Morgan fingerprint density at radius 1 is 1.30 bits per heavy atom. The highest BCUT2D eigenvalue weighted by Gasteiger charge is 2.26. The molecule has 1 aliphatic heterocycles. The van der Waals surface area contributed by atoms with Gasteiger partial charge in [0.15, 0.2) is 0 Å². The first-order chi connectivity index (χ1) is 11.0. The van der Waals surface area contributed by atoms with Crippen molar-refractivity contribution >= 4 is 5.91 Å². The van der Waals surface area contributed by atoms with Gasteiger partial charge in [-0.05, 0) is 31.0 Å². The monoisotopic (exact) mass is 311 g/mol. The topological polar surface area (TPSA) is 68.3 Å². The molecular formula is C18H21N3O2. The summed E-state index contributed by atoms with van der Waals surface area (Å²) in [6, 6.07) is 11.4. The number of nitrogens with zero attached hydrogens (tertiary/aromatic N) is 2. The van der Waals surface area contributed by atoms with Crippen molar-refractivity contribution in [1.82, 2.24) is 9.47 Å². The van der Waals surface area contributed by atoms with Crippen LogP contribution in [0.5, 0.6) is 0 Å². The van der Waals surface area contributed by atoms with Crippen molar-refractivity contribution in [1.29, 1.82) is 0 Å². The van der Waals surface area contributed by atoms with E-state index < -0.39 is 0 Å². The first-order valence-corrected chi connectivity index (χ1v) is 7.84. The minimum atomic E-state index is -0.250. The molecule has 1 fully saturated rings. The molecule has 120 valence electrons. The number of carbonyl (C=O) groups is 1. The average Bonchev–Trinajstić information content (AvgIpc) is 2.95. The molecule has 5 nitrogen and oxygen atoms in total. The largest absolute Gasteiger partial charge is 0.337 e. The van der Waals surface area contributed by atoms with Gasteiger partial charge in [-0.3, -0.25) is 9.59 Å². The highest BCUT2D eigenvalue weighted by molar-refractivity contribution is 5.94. The van der Waals surface area contributed by atoms with E-state index in [0.717, 1.165) is 17.5 Å². The fraction of sp³-hybridized carbons (Fsp3) is 0.333. The van der Waals surface area contributed by atoms with Crippen molar-refractivity contribution < 1.29 is 4.79 Å². The molecule has 2 aromatic rings. The van der Waals surface area contributed by atoms with E-state index in [-0.39, 0.29) is 23.1 Å². The van der Waals surface area contributed by atoms with E-state index in [1.54, 1.807) is 27.8 Å². The van der Waals surface area contributed by atoms with Crippen LogP contribution in [0, 0.1) is 6.92 Å². The minimum Gasteiger partial charge on any atom is -0.337 e. The predicted molar refractivity (Wildman–Crippen MR) is 89.5 cm³/mol. The van der Waals surface area contributed by atoms with E-state index in [0.29, 0.717) is 19.6 Å². The number of likely N-dealkylation sites (tertiary alicyclic amines) is 1. The van der Waals surface area contributed by atoms with Gasteiger partial charge in [0, 0.05) is 25.3 Å². The van der Waals surface area contributed by atoms with Gasteiger partial charge in [0.25, 0.3) is 11.5 Å². The molecule has 1 unspecified atom stereocenters. The molecule has 2 heterocycles. The van der Waals surface area contributed by atoms with Crippen LogP contribution in [-0.4, -0.2) is 34.5 Å². The Bertz CT molecular complexity index is 782. The Balaban J connectivity index is 1.86. The third kappa shape index (κ3) is 3.35. The van der Waals surface area contributed by atoms with Gasteiger partial charge in [-0.1, -0.05) is 29.8 Å². The number of hydrogen-bond donors (Lipinski definition) is 1. The Kier molecular flexibility index (Phi) is 4.30. The number of pyridine rings is 1. The third-order valence-corrected chi connectivity index (χ3v) is 4.20. The molecule has 0 aliphatic carbocycles. The zero-order chi connectivity index (χ0) is 16.4. The van der Waals surface area contributed by atoms with Crippen molar-refractivity contribution in [2.45, 2.75) is 25.9 Å². The highest BCUT2D eigenvalue weighted by atomic mass is 16.2. The van der Waals surface area contributed by atoms with Gasteiger partial charge in [0.2, 0.25) is 0 Å². The van der Waals surface area contributed by atoms with E-state index in [2.05, 4.69) is 0 Å². The third-order valence-electron chi connectivity index (χ3n) is 4.20. The van der Waals surface area contributed by atoms with Gasteiger partial charge in [-0.15, -0.1) is 0 Å². The summed E-state index contributed by atoms with van der Waals surface area (Å²) in [6.45, 7) is 3.61. The summed E-state index contributed by atoms with van der Waals surface area (Å²) in [5.41, 5.74) is 8.00. The van der Waals surface area contributed by atoms with Crippen LogP contribution in [0.1, 0.15) is 27.9 Å². The van der Waals surface area contributed by atoms with Crippen LogP contribution in [0.2, 0.25) is 0 Å². The highest BCUT2D eigenvalue weighted by Crippen LogP contribution is 2.11. The molecule has 0 radical (unpaired) electrons. The number of rotatable bonds is 3. The Morgan fingerprint density at radius 2 is 2.13 bits per heavy atom. The molecule has 1 aliphatic rings. The summed E-state index contributed by atoms with van der Waals surface area (Å²) in [6.07, 6.45) is 2.51. The maximum atomic E-state index is 12.6. The number of aryl methyl sites for hydroxylation is 1. The second kappa shape index (κ2) is 6.38. The smallest absolute Gasteiger partial charge is 0.263 e. The van der Waals surface area contributed by atoms with E-state index in [4.69, 9.17) is 5.73 Å². The van der Waals surface area contributed by atoms with Crippen LogP contribution < -0.4 is 11.3 Å². The summed E-state index contributed by atoms with van der Waals surface area (Å²) in [5, 5.41) is 0. The number of benzene rings is 1. The molecule has 1 saturated heterocycles. The standard InChI is InChI=1S/C18H21N3O2/c1-13-4-2-5-14(10-13)11-20-8-3-6-16(17(20)22)18(23)21-9-7-15(19)12-21/h2-6,8,10,15H,7,9,11-12,19H2,1H3. The van der Waals surface area contributed by atoms with Gasteiger partial charge in [0.1, 0.15) is 5.56 Å². The zero-order valence-corrected chi connectivity index (χ0v) is 13.2. The predicted octanol–water partition coefficient (Wildman–Crippen LogP) is 1.38. The normalized spacial score (nSPS) is 17.5. The maximum Gasteiger partial charge on any atom is 0.263 e. The van der Waals surface area contributed by atoms with Gasteiger partial charge >= 0.3 is 0 Å². The first-order valence-electron chi connectivity index (χ1n) is 7.84. The molecule has 0 spiro atoms.